The molecule has 1 N–H and O–H groups in total. The first-order valence-electron chi connectivity index (χ1n) is 9.43. The standard InChI is InChI=1S/C23H15Cl2N3O4/c1-13-18(25)6-3-7-19(13)26-21-20(14-8-10-16(11-9-14)28(31)32)22(29)27(23(21)30)17-5-2-4-15(24)12-17/h2-12,26H,1H3. The van der Waals surface area contributed by atoms with E-state index >= 15 is 0 Å². The predicted molar refractivity (Wildman–Crippen MR) is 124 cm³/mol. The van der Waals surface area contributed by atoms with E-state index in [4.69, 9.17) is 23.2 Å². The molecule has 1 heterocycles. The van der Waals surface area contributed by atoms with E-state index in [1.165, 1.54) is 30.3 Å². The second kappa shape index (κ2) is 8.45. The van der Waals surface area contributed by atoms with Crippen LogP contribution in [0.25, 0.3) is 5.57 Å². The Bertz CT molecular complexity index is 1300. The number of non-ortho nitro benzene ring substituents is 1. The van der Waals surface area contributed by atoms with Gasteiger partial charge in [-0.05, 0) is 60.5 Å². The van der Waals surface area contributed by atoms with Gasteiger partial charge in [0.05, 0.1) is 16.2 Å². The van der Waals surface area contributed by atoms with Crippen LogP contribution in [0.15, 0.2) is 72.4 Å². The molecule has 0 atom stereocenters. The van der Waals surface area contributed by atoms with Gasteiger partial charge in [-0.3, -0.25) is 19.7 Å². The molecule has 0 radical (unpaired) electrons. The zero-order valence-corrected chi connectivity index (χ0v) is 18.1. The smallest absolute Gasteiger partial charge is 0.282 e. The van der Waals surface area contributed by atoms with Crippen LogP contribution in [-0.2, 0) is 9.59 Å². The minimum Gasteiger partial charge on any atom is -0.350 e. The molecule has 0 aliphatic carbocycles. The summed E-state index contributed by atoms with van der Waals surface area (Å²) in [5.41, 5.74) is 1.93. The number of carbonyl (C=O) groups is 2. The van der Waals surface area contributed by atoms with Gasteiger partial charge in [-0.2, -0.15) is 0 Å². The van der Waals surface area contributed by atoms with Crippen molar-refractivity contribution in [2.75, 3.05) is 10.2 Å². The average Bonchev–Trinajstić information content (AvgIpc) is 3.01. The SMILES string of the molecule is Cc1c(Cl)cccc1NC1=C(c2ccc([N+](=O)[O-])cc2)C(=O)N(c2cccc(Cl)c2)C1=O. The summed E-state index contributed by atoms with van der Waals surface area (Å²) >= 11 is 12.3. The molecule has 160 valence electrons. The fourth-order valence-electron chi connectivity index (χ4n) is 3.39. The van der Waals surface area contributed by atoms with Crippen LogP contribution in [0.3, 0.4) is 0 Å². The average molecular weight is 468 g/mol. The van der Waals surface area contributed by atoms with Crippen molar-refractivity contribution < 1.29 is 14.5 Å². The van der Waals surface area contributed by atoms with Gasteiger partial charge in [0.15, 0.2) is 0 Å². The molecule has 9 heteroatoms. The van der Waals surface area contributed by atoms with E-state index in [9.17, 15) is 19.7 Å². The van der Waals surface area contributed by atoms with E-state index in [1.54, 1.807) is 43.3 Å². The number of hydrogen-bond donors (Lipinski definition) is 1. The molecule has 0 saturated heterocycles. The van der Waals surface area contributed by atoms with E-state index in [0.29, 0.717) is 32.5 Å². The third-order valence-electron chi connectivity index (χ3n) is 5.04. The summed E-state index contributed by atoms with van der Waals surface area (Å²) < 4.78 is 0. The van der Waals surface area contributed by atoms with Gasteiger partial charge < -0.3 is 5.32 Å². The molecular formula is C23H15Cl2N3O4. The van der Waals surface area contributed by atoms with Crippen molar-refractivity contribution in [1.82, 2.24) is 0 Å². The second-order valence-corrected chi connectivity index (χ2v) is 7.86. The Morgan fingerprint density at radius 1 is 0.938 bits per heavy atom. The Labute approximate surface area is 193 Å². The molecule has 0 bridgehead atoms. The van der Waals surface area contributed by atoms with Crippen molar-refractivity contribution in [2.45, 2.75) is 6.92 Å². The fourth-order valence-corrected chi connectivity index (χ4v) is 3.75. The molecule has 1 aliphatic heterocycles. The first-order chi connectivity index (χ1) is 15.3. The first-order valence-corrected chi connectivity index (χ1v) is 10.2. The van der Waals surface area contributed by atoms with Crippen molar-refractivity contribution in [2.24, 2.45) is 0 Å². The van der Waals surface area contributed by atoms with Crippen molar-refractivity contribution in [3.8, 4) is 0 Å². The third kappa shape index (κ3) is 3.84. The van der Waals surface area contributed by atoms with Gasteiger partial charge in [0, 0.05) is 27.9 Å². The molecule has 1 aliphatic rings. The van der Waals surface area contributed by atoms with Crippen LogP contribution < -0.4 is 10.2 Å². The summed E-state index contributed by atoms with van der Waals surface area (Å²) in [6.45, 7) is 1.78. The highest BCUT2D eigenvalue weighted by Gasteiger charge is 2.40. The first kappa shape index (κ1) is 21.5. The number of benzene rings is 3. The van der Waals surface area contributed by atoms with E-state index in [2.05, 4.69) is 5.32 Å². The molecule has 0 spiro atoms. The number of hydrogen-bond acceptors (Lipinski definition) is 5. The van der Waals surface area contributed by atoms with Gasteiger partial charge in [0.1, 0.15) is 5.70 Å². The number of amides is 2. The predicted octanol–water partition coefficient (Wildman–Crippen LogP) is 5.61. The zero-order valence-electron chi connectivity index (χ0n) is 16.6. The maximum atomic E-state index is 13.4. The molecule has 0 unspecified atom stereocenters. The molecule has 7 nitrogen and oxygen atoms in total. The number of rotatable bonds is 5. The summed E-state index contributed by atoms with van der Waals surface area (Å²) in [7, 11) is 0. The van der Waals surface area contributed by atoms with Gasteiger partial charge in [0.25, 0.3) is 17.5 Å². The Balaban J connectivity index is 1.85. The number of carbonyl (C=O) groups excluding carboxylic acids is 2. The number of nitrogens with zero attached hydrogens (tertiary/aromatic N) is 2. The second-order valence-electron chi connectivity index (χ2n) is 7.02. The van der Waals surface area contributed by atoms with Gasteiger partial charge >= 0.3 is 0 Å². The quantitative estimate of drug-likeness (QED) is 0.299. The Morgan fingerprint density at radius 3 is 2.28 bits per heavy atom. The normalized spacial score (nSPS) is 13.7. The van der Waals surface area contributed by atoms with Gasteiger partial charge in [0.2, 0.25) is 0 Å². The third-order valence-corrected chi connectivity index (χ3v) is 5.69. The highest BCUT2D eigenvalue weighted by atomic mass is 35.5. The lowest BCUT2D eigenvalue weighted by Crippen LogP contribution is -2.32. The number of nitro benzene ring substituents is 1. The van der Waals surface area contributed by atoms with Gasteiger partial charge in [-0.15, -0.1) is 0 Å². The maximum absolute atomic E-state index is 13.4. The molecular weight excluding hydrogens is 453 g/mol. The lowest BCUT2D eigenvalue weighted by molar-refractivity contribution is -0.384. The van der Waals surface area contributed by atoms with Crippen LogP contribution in [0.1, 0.15) is 11.1 Å². The number of nitro groups is 1. The van der Waals surface area contributed by atoms with Crippen LogP contribution in [0.2, 0.25) is 10.0 Å². The number of imide groups is 1. The summed E-state index contributed by atoms with van der Waals surface area (Å²) in [4.78, 5) is 38.3. The van der Waals surface area contributed by atoms with Crippen LogP contribution in [0.4, 0.5) is 17.1 Å². The fraction of sp³-hybridized carbons (Fsp3) is 0.0435. The monoisotopic (exact) mass is 467 g/mol. The molecule has 3 aromatic carbocycles. The van der Waals surface area contributed by atoms with Crippen LogP contribution in [-0.4, -0.2) is 16.7 Å². The van der Waals surface area contributed by atoms with Crippen molar-refractivity contribution in [3.05, 3.63) is 104 Å². The van der Waals surface area contributed by atoms with E-state index in [1.807, 2.05) is 0 Å². The minimum absolute atomic E-state index is 0.0363. The van der Waals surface area contributed by atoms with E-state index in [-0.39, 0.29) is 17.0 Å². The maximum Gasteiger partial charge on any atom is 0.282 e. The van der Waals surface area contributed by atoms with Gasteiger partial charge in [-0.25, -0.2) is 4.90 Å². The topological polar surface area (TPSA) is 92.6 Å². The largest absolute Gasteiger partial charge is 0.350 e. The van der Waals surface area contributed by atoms with Crippen LogP contribution >= 0.6 is 23.2 Å². The molecule has 2 amide bonds. The molecule has 0 fully saturated rings. The van der Waals surface area contributed by atoms with E-state index in [0.717, 1.165) is 4.90 Å². The lowest BCUT2D eigenvalue weighted by atomic mass is 10.0. The van der Waals surface area contributed by atoms with Gasteiger partial charge in [-0.1, -0.05) is 35.3 Å². The van der Waals surface area contributed by atoms with Crippen molar-refractivity contribution in [3.63, 3.8) is 0 Å². The number of anilines is 2. The van der Waals surface area contributed by atoms with Crippen molar-refractivity contribution in [1.29, 1.82) is 0 Å². The molecule has 4 rings (SSSR count). The van der Waals surface area contributed by atoms with Crippen LogP contribution in [0, 0.1) is 17.0 Å². The zero-order chi connectivity index (χ0) is 23.0. The van der Waals surface area contributed by atoms with Crippen molar-refractivity contribution >= 4 is 57.7 Å². The number of nitrogens with one attached hydrogen (secondary N) is 1. The molecule has 0 aromatic heterocycles. The molecule has 32 heavy (non-hydrogen) atoms. The summed E-state index contributed by atoms with van der Waals surface area (Å²) in [6, 6.07) is 17.0. The Hall–Kier alpha value is -3.68. The Kier molecular flexibility index (Phi) is 5.69. The summed E-state index contributed by atoms with van der Waals surface area (Å²) in [5.74, 6) is -1.15. The Morgan fingerprint density at radius 2 is 1.62 bits per heavy atom. The minimum atomic E-state index is -0.579. The summed E-state index contributed by atoms with van der Waals surface area (Å²) in [5, 5.41) is 14.9. The molecule has 3 aromatic rings. The van der Waals surface area contributed by atoms with Crippen LogP contribution in [0.5, 0.6) is 0 Å². The highest BCUT2D eigenvalue weighted by molar-refractivity contribution is 6.46. The highest BCUT2D eigenvalue weighted by Crippen LogP contribution is 2.36. The molecule has 0 saturated carbocycles. The summed E-state index contributed by atoms with van der Waals surface area (Å²) in [6.07, 6.45) is 0. The van der Waals surface area contributed by atoms with E-state index < -0.39 is 16.7 Å². The lowest BCUT2D eigenvalue weighted by Gasteiger charge is -2.16. The number of halogens is 2.